The van der Waals surface area contributed by atoms with Gasteiger partial charge in [0.25, 0.3) is 5.56 Å². The van der Waals surface area contributed by atoms with Crippen molar-refractivity contribution in [3.8, 4) is 0 Å². The molecule has 0 bridgehead atoms. The van der Waals surface area contributed by atoms with E-state index in [2.05, 4.69) is 9.97 Å². The Morgan fingerprint density at radius 1 is 1.18 bits per heavy atom. The lowest BCUT2D eigenvalue weighted by Crippen LogP contribution is -2.19. The van der Waals surface area contributed by atoms with Crippen molar-refractivity contribution in [2.45, 2.75) is 20.3 Å². The number of aromatic nitrogens is 2. The molecule has 0 atom stereocenters. The summed E-state index contributed by atoms with van der Waals surface area (Å²) in [7, 11) is 0. The summed E-state index contributed by atoms with van der Waals surface area (Å²) in [6.45, 7) is 3.07. The molecule has 0 aliphatic rings. The average molecular weight is 299 g/mol. The lowest BCUT2D eigenvalue weighted by Gasteiger charge is -2.02. The summed E-state index contributed by atoms with van der Waals surface area (Å²) in [5.41, 5.74) is 1.78. The molecule has 2 heterocycles. The van der Waals surface area contributed by atoms with Crippen molar-refractivity contribution in [3.63, 3.8) is 0 Å². The predicted molar refractivity (Wildman–Crippen MR) is 81.7 cm³/mol. The molecule has 114 valence electrons. The lowest BCUT2D eigenvalue weighted by molar-refractivity contribution is -0.305. The van der Waals surface area contributed by atoms with Crippen LogP contribution in [0.25, 0.3) is 21.8 Å². The second kappa shape index (κ2) is 6.26. The molecule has 0 saturated heterocycles. The van der Waals surface area contributed by atoms with Crippen molar-refractivity contribution in [1.82, 2.24) is 9.97 Å². The Kier molecular flexibility index (Phi) is 4.41. The Labute approximate surface area is 125 Å². The number of carbonyl (C=O) groups excluding carboxylic acids is 2. The minimum Gasteiger partial charge on any atom is -0.550 e. The van der Waals surface area contributed by atoms with E-state index in [-0.39, 0.29) is 17.8 Å². The van der Waals surface area contributed by atoms with Crippen LogP contribution in [0, 0.1) is 0 Å². The molecule has 3 rings (SSSR count). The summed E-state index contributed by atoms with van der Waals surface area (Å²) >= 11 is 0. The van der Waals surface area contributed by atoms with Gasteiger partial charge in [0.1, 0.15) is 5.52 Å². The van der Waals surface area contributed by atoms with Gasteiger partial charge in [-0.05, 0) is 37.6 Å². The smallest absolute Gasteiger partial charge is 0.272 e. The Bertz CT molecular complexity index is 905. The van der Waals surface area contributed by atoms with E-state index in [4.69, 9.17) is 0 Å². The Morgan fingerprint density at radius 3 is 2.45 bits per heavy atom. The molecule has 3 aromatic rings. The molecule has 2 aromatic heterocycles. The number of rotatable bonds is 2. The number of Topliss-reactive ketones (excluding diaryl/α,β-unsaturated/α-hetero) is 1. The number of carbonyl (C=O) groups is 2. The highest BCUT2D eigenvalue weighted by molar-refractivity contribution is 6.07. The third kappa shape index (κ3) is 3.06. The van der Waals surface area contributed by atoms with Crippen molar-refractivity contribution in [1.29, 1.82) is 0 Å². The molecule has 22 heavy (non-hydrogen) atoms. The molecule has 0 amide bonds. The molecule has 0 fully saturated rings. The van der Waals surface area contributed by atoms with Crippen LogP contribution in [0.3, 0.4) is 0 Å². The first kappa shape index (κ1) is 15.5. The number of benzene rings is 1. The van der Waals surface area contributed by atoms with Crippen molar-refractivity contribution in [2.75, 3.05) is 0 Å². The molecule has 0 saturated carbocycles. The zero-order valence-corrected chi connectivity index (χ0v) is 12.2. The summed E-state index contributed by atoms with van der Waals surface area (Å²) in [5.74, 6) is -0.980. The van der Waals surface area contributed by atoms with Crippen LogP contribution < -0.4 is 10.7 Å². The van der Waals surface area contributed by atoms with E-state index in [1.54, 1.807) is 18.3 Å². The van der Waals surface area contributed by atoms with Gasteiger partial charge in [-0.3, -0.25) is 9.59 Å². The van der Waals surface area contributed by atoms with Gasteiger partial charge in [-0.25, -0.2) is 0 Å². The maximum atomic E-state index is 11.7. The molecule has 0 radical (unpaired) electrons. The van der Waals surface area contributed by atoms with Crippen molar-refractivity contribution >= 4 is 33.6 Å². The fourth-order valence-corrected chi connectivity index (χ4v) is 2.06. The van der Waals surface area contributed by atoms with Gasteiger partial charge in [0.05, 0.1) is 0 Å². The monoisotopic (exact) mass is 299 g/mol. The van der Waals surface area contributed by atoms with Crippen molar-refractivity contribution in [3.05, 3.63) is 46.4 Å². The molecule has 0 aliphatic carbocycles. The molecule has 2 N–H and O–H groups in total. The van der Waals surface area contributed by atoms with E-state index in [1.165, 1.54) is 13.8 Å². The number of hydrogen-bond acceptors (Lipinski definition) is 4. The van der Waals surface area contributed by atoms with Gasteiger partial charge in [0.15, 0.2) is 5.78 Å². The summed E-state index contributed by atoms with van der Waals surface area (Å²) in [6.07, 6.45) is 1.83. The van der Waals surface area contributed by atoms with E-state index in [9.17, 15) is 19.5 Å². The van der Waals surface area contributed by atoms with Gasteiger partial charge in [-0.2, -0.15) is 0 Å². The molecule has 1 aromatic carbocycles. The minimum atomic E-state index is -0.995. The number of carboxylic acid groups (broad SMARTS) is 1. The fraction of sp³-hybridized carbons (Fsp3) is 0.188. The molecule has 0 aliphatic heterocycles. The van der Waals surface area contributed by atoms with Gasteiger partial charge in [-0.15, -0.1) is 0 Å². The molecule has 6 nitrogen and oxygen atoms in total. The van der Waals surface area contributed by atoms with Crippen LogP contribution in [-0.2, 0) is 4.79 Å². The van der Waals surface area contributed by atoms with Crippen LogP contribution in [0.15, 0.2) is 35.3 Å². The van der Waals surface area contributed by atoms with Gasteiger partial charge in [-0.1, -0.05) is 6.92 Å². The largest absolute Gasteiger partial charge is 0.550 e. The van der Waals surface area contributed by atoms with E-state index >= 15 is 0 Å². The number of fused-ring (bicyclic) bond motifs is 3. The number of ketones is 1. The standard InChI is InChI=1S/C13H10N2O2.C3H6O2/c1-7(16)8-2-3-11-10(6-8)9-4-5-14-12(9)13(17)15-11;1-2-3(4)5/h2-6,14H,1H3,(H,15,17);2H2,1H3,(H,4,5)/p-1. The fourth-order valence-electron chi connectivity index (χ4n) is 2.06. The normalized spacial score (nSPS) is 10.3. The van der Waals surface area contributed by atoms with E-state index < -0.39 is 5.97 Å². The van der Waals surface area contributed by atoms with E-state index in [0.29, 0.717) is 11.1 Å². The predicted octanol–water partition coefficient (Wildman–Crippen LogP) is 1.36. The van der Waals surface area contributed by atoms with Crippen LogP contribution in [0.1, 0.15) is 30.6 Å². The quantitative estimate of drug-likeness (QED) is 0.697. The Balaban J connectivity index is 0.000000309. The zero-order valence-electron chi connectivity index (χ0n) is 12.2. The maximum absolute atomic E-state index is 11.7. The minimum absolute atomic E-state index is 0.0155. The molecule has 0 spiro atoms. The van der Waals surface area contributed by atoms with Gasteiger partial charge in [0.2, 0.25) is 0 Å². The third-order valence-electron chi connectivity index (χ3n) is 3.23. The Hall–Kier alpha value is -2.89. The highest BCUT2D eigenvalue weighted by atomic mass is 16.4. The summed E-state index contributed by atoms with van der Waals surface area (Å²) in [6, 6.07) is 7.14. The average Bonchev–Trinajstić information content (AvgIpc) is 2.98. The highest BCUT2D eigenvalue weighted by Crippen LogP contribution is 2.21. The summed E-state index contributed by atoms with van der Waals surface area (Å²) < 4.78 is 0. The van der Waals surface area contributed by atoms with E-state index in [0.717, 1.165) is 16.3 Å². The lowest BCUT2D eigenvalue weighted by atomic mass is 10.1. The first-order chi connectivity index (χ1) is 10.4. The molecular weight excluding hydrogens is 284 g/mol. The Morgan fingerprint density at radius 2 is 1.86 bits per heavy atom. The second-order valence-corrected chi connectivity index (χ2v) is 4.76. The zero-order chi connectivity index (χ0) is 16.3. The maximum Gasteiger partial charge on any atom is 0.272 e. The number of aromatic amines is 2. The van der Waals surface area contributed by atoms with E-state index in [1.807, 2.05) is 12.1 Å². The molecule has 6 heteroatoms. The van der Waals surface area contributed by atoms with Gasteiger partial charge < -0.3 is 19.9 Å². The molecular formula is C16H15N2O4-. The number of hydrogen-bond donors (Lipinski definition) is 2. The number of nitrogens with one attached hydrogen (secondary N) is 2. The topological polar surface area (TPSA) is 106 Å². The summed E-state index contributed by atoms with van der Waals surface area (Å²) in [4.78, 5) is 38.0. The van der Waals surface area contributed by atoms with Crippen molar-refractivity contribution in [2.24, 2.45) is 0 Å². The number of H-pyrrole nitrogens is 2. The van der Waals surface area contributed by atoms with Gasteiger partial charge in [0, 0.05) is 34.0 Å². The first-order valence-electron chi connectivity index (χ1n) is 6.78. The van der Waals surface area contributed by atoms with Crippen molar-refractivity contribution < 1.29 is 14.7 Å². The number of aliphatic carboxylic acids is 1. The van der Waals surface area contributed by atoms with Crippen LogP contribution in [-0.4, -0.2) is 21.7 Å². The highest BCUT2D eigenvalue weighted by Gasteiger charge is 2.07. The second-order valence-electron chi connectivity index (χ2n) is 4.76. The van der Waals surface area contributed by atoms with Crippen LogP contribution in [0.2, 0.25) is 0 Å². The number of carboxylic acids is 1. The van der Waals surface area contributed by atoms with Crippen LogP contribution in [0.4, 0.5) is 0 Å². The van der Waals surface area contributed by atoms with Gasteiger partial charge >= 0.3 is 0 Å². The van der Waals surface area contributed by atoms with Crippen LogP contribution >= 0.6 is 0 Å². The molecule has 0 unspecified atom stereocenters. The SMILES string of the molecule is CC(=O)c1ccc2[nH]c(=O)c3[nH]ccc3c2c1.CCC(=O)[O-]. The number of pyridine rings is 1. The summed E-state index contributed by atoms with van der Waals surface area (Å²) in [5, 5.41) is 11.0. The first-order valence-corrected chi connectivity index (χ1v) is 6.78. The third-order valence-corrected chi connectivity index (χ3v) is 3.23. The van der Waals surface area contributed by atoms with Crippen LogP contribution in [0.5, 0.6) is 0 Å².